The van der Waals surface area contributed by atoms with E-state index in [0.29, 0.717) is 12.2 Å². The zero-order valence-corrected chi connectivity index (χ0v) is 11.0. The molecule has 1 saturated heterocycles. The van der Waals surface area contributed by atoms with Crippen molar-refractivity contribution in [2.45, 2.75) is 25.8 Å². The summed E-state index contributed by atoms with van der Waals surface area (Å²) in [5.41, 5.74) is 0.434. The quantitative estimate of drug-likeness (QED) is 0.809. The van der Waals surface area contributed by atoms with Gasteiger partial charge in [0.05, 0.1) is 6.42 Å². The van der Waals surface area contributed by atoms with Crippen molar-refractivity contribution >= 4 is 17.7 Å². The van der Waals surface area contributed by atoms with Crippen LogP contribution in [0.5, 0.6) is 0 Å². The molecule has 3 amide bonds. The molecule has 2 rings (SSSR count). The summed E-state index contributed by atoms with van der Waals surface area (Å²) in [6.45, 7) is 2.38. The molecule has 1 fully saturated rings. The summed E-state index contributed by atoms with van der Waals surface area (Å²) in [6, 6.07) is 2.72. The monoisotopic (exact) mass is 263 g/mol. The number of H-pyrrole nitrogens is 1. The molecule has 1 aliphatic heterocycles. The van der Waals surface area contributed by atoms with Crippen LogP contribution in [0.25, 0.3) is 0 Å². The number of nitrogens with zero attached hydrogens (tertiary/aromatic N) is 2. The second-order valence-corrected chi connectivity index (χ2v) is 4.59. The fraction of sp³-hybridized carbons (Fsp3) is 0.462. The fourth-order valence-electron chi connectivity index (χ4n) is 2.24. The Bertz CT molecular complexity index is 495. The lowest BCUT2D eigenvalue weighted by molar-refractivity contribution is -0.137. The van der Waals surface area contributed by atoms with Crippen molar-refractivity contribution in [2.24, 2.45) is 0 Å². The smallest absolute Gasteiger partial charge is 0.270 e. The molecule has 2 heterocycles. The number of carbonyl (C=O) groups excluding carboxylic acids is 3. The van der Waals surface area contributed by atoms with Gasteiger partial charge in [0.25, 0.3) is 11.8 Å². The van der Waals surface area contributed by atoms with Crippen LogP contribution in [0.1, 0.15) is 30.3 Å². The Balaban J connectivity index is 2.24. The van der Waals surface area contributed by atoms with Crippen LogP contribution >= 0.6 is 0 Å². The molecule has 1 atom stereocenters. The van der Waals surface area contributed by atoms with Crippen LogP contribution in [-0.2, 0) is 9.59 Å². The number of aromatic nitrogens is 1. The minimum Gasteiger partial charge on any atom is -0.357 e. The van der Waals surface area contributed by atoms with Gasteiger partial charge in [-0.15, -0.1) is 0 Å². The van der Waals surface area contributed by atoms with Crippen molar-refractivity contribution < 1.29 is 14.4 Å². The maximum Gasteiger partial charge on any atom is 0.270 e. The summed E-state index contributed by atoms with van der Waals surface area (Å²) in [6.07, 6.45) is 2.46. The molecule has 0 radical (unpaired) electrons. The first-order valence-electron chi connectivity index (χ1n) is 6.31. The Morgan fingerprint density at radius 2 is 2.26 bits per heavy atom. The van der Waals surface area contributed by atoms with Crippen LogP contribution in [-0.4, -0.2) is 52.1 Å². The van der Waals surface area contributed by atoms with Gasteiger partial charge in [0.2, 0.25) is 5.91 Å². The highest BCUT2D eigenvalue weighted by Gasteiger charge is 2.41. The van der Waals surface area contributed by atoms with E-state index in [2.05, 4.69) is 4.98 Å². The predicted molar refractivity (Wildman–Crippen MR) is 68.3 cm³/mol. The van der Waals surface area contributed by atoms with E-state index >= 15 is 0 Å². The van der Waals surface area contributed by atoms with Crippen molar-refractivity contribution in [2.75, 3.05) is 13.6 Å². The summed E-state index contributed by atoms with van der Waals surface area (Å²) in [7, 11) is 1.45. The number of aromatic amines is 1. The second kappa shape index (κ2) is 5.26. The number of amides is 3. The van der Waals surface area contributed by atoms with Gasteiger partial charge in [-0.3, -0.25) is 19.3 Å². The van der Waals surface area contributed by atoms with Crippen LogP contribution in [0.2, 0.25) is 0 Å². The third-order valence-electron chi connectivity index (χ3n) is 3.29. The highest BCUT2D eigenvalue weighted by Crippen LogP contribution is 2.19. The van der Waals surface area contributed by atoms with E-state index in [-0.39, 0.29) is 24.1 Å². The van der Waals surface area contributed by atoms with E-state index in [9.17, 15) is 14.4 Å². The summed E-state index contributed by atoms with van der Waals surface area (Å²) in [5, 5.41) is 0. The first-order valence-corrected chi connectivity index (χ1v) is 6.31. The Labute approximate surface area is 111 Å². The largest absolute Gasteiger partial charge is 0.357 e. The third kappa shape index (κ3) is 2.38. The van der Waals surface area contributed by atoms with Gasteiger partial charge in [-0.25, -0.2) is 0 Å². The van der Waals surface area contributed by atoms with Crippen LogP contribution in [0.4, 0.5) is 0 Å². The number of hydrogen-bond donors (Lipinski definition) is 1. The van der Waals surface area contributed by atoms with E-state index in [1.165, 1.54) is 11.9 Å². The van der Waals surface area contributed by atoms with Gasteiger partial charge in [0, 0.05) is 19.8 Å². The highest BCUT2D eigenvalue weighted by molar-refractivity contribution is 6.07. The Morgan fingerprint density at radius 1 is 1.53 bits per heavy atom. The Morgan fingerprint density at radius 3 is 2.74 bits per heavy atom. The number of likely N-dealkylation sites (N-methyl/N-ethyl adjacent to an activating group) is 1. The Hall–Kier alpha value is -2.11. The van der Waals surface area contributed by atoms with Crippen LogP contribution < -0.4 is 0 Å². The molecule has 1 aliphatic rings. The van der Waals surface area contributed by atoms with E-state index in [0.717, 1.165) is 11.3 Å². The lowest BCUT2D eigenvalue weighted by atomic mass is 10.2. The molecule has 0 aromatic carbocycles. The lowest BCUT2D eigenvalue weighted by Crippen LogP contribution is -2.45. The summed E-state index contributed by atoms with van der Waals surface area (Å²) >= 11 is 0. The minimum absolute atomic E-state index is 0.0712. The van der Waals surface area contributed by atoms with Crippen molar-refractivity contribution in [3.05, 3.63) is 24.0 Å². The molecular weight excluding hydrogens is 246 g/mol. The normalized spacial score (nSPS) is 19.1. The van der Waals surface area contributed by atoms with Crippen molar-refractivity contribution in [1.82, 2.24) is 14.8 Å². The van der Waals surface area contributed by atoms with Gasteiger partial charge >= 0.3 is 0 Å². The molecule has 6 heteroatoms. The topological polar surface area (TPSA) is 73.5 Å². The van der Waals surface area contributed by atoms with Crippen LogP contribution in [0.3, 0.4) is 0 Å². The summed E-state index contributed by atoms with van der Waals surface area (Å²) < 4.78 is 0. The van der Waals surface area contributed by atoms with E-state index < -0.39 is 6.04 Å². The van der Waals surface area contributed by atoms with Gasteiger partial charge in [-0.1, -0.05) is 6.92 Å². The van der Waals surface area contributed by atoms with Gasteiger partial charge in [-0.2, -0.15) is 0 Å². The number of rotatable bonds is 4. The molecular formula is C13H17N3O3. The third-order valence-corrected chi connectivity index (χ3v) is 3.29. The first-order chi connectivity index (χ1) is 9.06. The number of carbonyl (C=O) groups is 3. The average Bonchev–Trinajstić information content (AvgIpc) is 3.00. The first kappa shape index (κ1) is 13.3. The Kier molecular flexibility index (Phi) is 3.69. The van der Waals surface area contributed by atoms with Gasteiger partial charge in [-0.05, 0) is 18.6 Å². The number of likely N-dealkylation sites (tertiary alicyclic amines) is 1. The van der Waals surface area contributed by atoms with Gasteiger partial charge in [0.1, 0.15) is 11.7 Å². The highest BCUT2D eigenvalue weighted by atomic mass is 16.2. The number of nitrogens with one attached hydrogen (secondary N) is 1. The van der Waals surface area contributed by atoms with Gasteiger partial charge < -0.3 is 9.88 Å². The van der Waals surface area contributed by atoms with Crippen molar-refractivity contribution in [3.63, 3.8) is 0 Å². The van der Waals surface area contributed by atoms with Crippen LogP contribution in [0.15, 0.2) is 18.3 Å². The van der Waals surface area contributed by atoms with E-state index in [1.54, 1.807) is 18.3 Å². The molecule has 0 spiro atoms. The fourth-order valence-corrected chi connectivity index (χ4v) is 2.24. The molecule has 0 saturated carbocycles. The molecule has 6 nitrogen and oxygen atoms in total. The summed E-state index contributed by atoms with van der Waals surface area (Å²) in [4.78, 5) is 41.3. The maximum atomic E-state index is 12.4. The zero-order chi connectivity index (χ0) is 14.0. The molecule has 102 valence electrons. The molecule has 0 bridgehead atoms. The molecule has 1 aromatic heterocycles. The molecule has 1 aromatic rings. The lowest BCUT2D eigenvalue weighted by Gasteiger charge is -2.26. The van der Waals surface area contributed by atoms with Crippen molar-refractivity contribution in [1.29, 1.82) is 0 Å². The van der Waals surface area contributed by atoms with E-state index in [4.69, 9.17) is 0 Å². The maximum absolute atomic E-state index is 12.4. The van der Waals surface area contributed by atoms with E-state index in [1.807, 2.05) is 6.92 Å². The molecule has 1 unspecified atom stereocenters. The second-order valence-electron chi connectivity index (χ2n) is 4.59. The number of hydrogen-bond acceptors (Lipinski definition) is 3. The molecule has 19 heavy (non-hydrogen) atoms. The predicted octanol–water partition coefficient (Wildman–Crippen LogP) is 0.624. The molecule has 0 aliphatic carbocycles. The average molecular weight is 263 g/mol. The molecule has 1 N–H and O–H groups in total. The van der Waals surface area contributed by atoms with Crippen molar-refractivity contribution in [3.8, 4) is 0 Å². The van der Waals surface area contributed by atoms with Gasteiger partial charge in [0.15, 0.2) is 0 Å². The standard InChI is InChI=1S/C13H17N3O3/c1-3-7-16(12(18)9-5-4-6-14-9)10-8-11(17)15(2)13(10)19/h4-6,10,14H,3,7-8H2,1-2H3. The SMILES string of the molecule is CCCN(C(=O)c1ccc[nH]1)C1CC(=O)N(C)C1=O. The minimum atomic E-state index is -0.673. The zero-order valence-electron chi connectivity index (χ0n) is 11.0. The summed E-state index contributed by atoms with van der Waals surface area (Å²) in [5.74, 6) is -0.790. The van der Waals surface area contributed by atoms with Crippen LogP contribution in [0, 0.1) is 0 Å². The number of imide groups is 1.